The summed E-state index contributed by atoms with van der Waals surface area (Å²) in [6, 6.07) is 12.2. The number of aryl methyl sites for hydroxylation is 2. The average molecular weight is 361 g/mol. The Labute approximate surface area is 158 Å². The van der Waals surface area contributed by atoms with Gasteiger partial charge in [0.25, 0.3) is 5.91 Å². The number of hydrogen-bond donors (Lipinski definition) is 2. The van der Waals surface area contributed by atoms with Crippen LogP contribution in [-0.2, 0) is 0 Å². The summed E-state index contributed by atoms with van der Waals surface area (Å²) in [5.74, 6) is -0.0158. The predicted octanol–water partition coefficient (Wildman–Crippen LogP) is 3.86. The van der Waals surface area contributed by atoms with Crippen molar-refractivity contribution < 1.29 is 9.90 Å². The molecule has 2 N–H and O–H groups in total. The number of rotatable bonds is 4. The first-order valence-corrected chi connectivity index (χ1v) is 9.31. The zero-order chi connectivity index (χ0) is 19.1. The van der Waals surface area contributed by atoms with Gasteiger partial charge in [-0.2, -0.15) is 10.2 Å². The van der Waals surface area contributed by atoms with Gasteiger partial charge in [0.15, 0.2) is 0 Å². The lowest BCUT2D eigenvalue weighted by molar-refractivity contribution is 0.0951. The molecule has 1 heterocycles. The molecule has 1 unspecified atom stereocenters. The molecule has 0 radical (unpaired) electrons. The van der Waals surface area contributed by atoms with E-state index in [0.717, 1.165) is 46.0 Å². The molecule has 1 aliphatic rings. The highest BCUT2D eigenvalue weighted by Crippen LogP contribution is 2.31. The summed E-state index contributed by atoms with van der Waals surface area (Å²) >= 11 is 0. The minimum atomic E-state index is -0.678. The standard InChI is InChI=1S/C22H23N3O2/c1-12-4-5-16(22(27)23-17-7-8-17)11-19(12)15-6-9-18-20(10-15)13(2)24-25-21(18)14(3)26/h4-6,9-11,14,17,26H,7-8H2,1-3H3,(H,23,27). The number of aromatic nitrogens is 2. The Morgan fingerprint density at radius 2 is 1.89 bits per heavy atom. The second-order valence-electron chi connectivity index (χ2n) is 7.38. The number of carbonyl (C=O) groups excluding carboxylic acids is 1. The van der Waals surface area contributed by atoms with Crippen molar-refractivity contribution in [3.8, 4) is 11.1 Å². The number of aliphatic hydroxyl groups is 1. The van der Waals surface area contributed by atoms with Crippen LogP contribution >= 0.6 is 0 Å². The molecule has 3 aromatic rings. The number of fused-ring (bicyclic) bond motifs is 1. The second-order valence-corrected chi connectivity index (χ2v) is 7.38. The number of nitrogens with zero attached hydrogens (tertiary/aromatic N) is 2. The molecule has 1 fully saturated rings. The van der Waals surface area contributed by atoms with Crippen LogP contribution in [0.15, 0.2) is 36.4 Å². The van der Waals surface area contributed by atoms with Crippen LogP contribution in [0.25, 0.3) is 21.9 Å². The zero-order valence-electron chi connectivity index (χ0n) is 15.8. The van der Waals surface area contributed by atoms with E-state index in [1.54, 1.807) is 6.92 Å². The molecule has 0 aliphatic heterocycles. The third-order valence-corrected chi connectivity index (χ3v) is 5.11. The molecule has 0 saturated heterocycles. The van der Waals surface area contributed by atoms with Crippen molar-refractivity contribution in [3.05, 3.63) is 58.9 Å². The SMILES string of the molecule is Cc1ccc(C(=O)NC2CC2)cc1-c1ccc2c(C(C)O)nnc(C)c2c1. The molecule has 5 heteroatoms. The molecule has 138 valence electrons. The maximum Gasteiger partial charge on any atom is 0.251 e. The maximum absolute atomic E-state index is 12.4. The maximum atomic E-state index is 12.4. The number of carbonyl (C=O) groups is 1. The summed E-state index contributed by atoms with van der Waals surface area (Å²) in [5, 5.41) is 23.2. The molecule has 1 atom stereocenters. The van der Waals surface area contributed by atoms with Gasteiger partial charge in [-0.15, -0.1) is 0 Å². The van der Waals surface area contributed by atoms with E-state index >= 15 is 0 Å². The Hall–Kier alpha value is -2.79. The fraction of sp³-hybridized carbons (Fsp3) is 0.318. The van der Waals surface area contributed by atoms with E-state index in [0.29, 0.717) is 17.3 Å². The molecule has 1 amide bonds. The first-order chi connectivity index (χ1) is 12.9. The second kappa shape index (κ2) is 6.74. The topological polar surface area (TPSA) is 75.1 Å². The van der Waals surface area contributed by atoms with Crippen LogP contribution in [0.1, 0.15) is 53.2 Å². The fourth-order valence-corrected chi connectivity index (χ4v) is 3.35. The Kier molecular flexibility index (Phi) is 4.40. The quantitative estimate of drug-likeness (QED) is 0.740. The summed E-state index contributed by atoms with van der Waals surface area (Å²) in [4.78, 5) is 12.4. The smallest absolute Gasteiger partial charge is 0.251 e. The van der Waals surface area contributed by atoms with Crippen molar-refractivity contribution in [2.24, 2.45) is 0 Å². The van der Waals surface area contributed by atoms with Crippen LogP contribution in [0, 0.1) is 13.8 Å². The summed E-state index contributed by atoms with van der Waals surface area (Å²) in [6.45, 7) is 5.65. The number of benzene rings is 2. The van der Waals surface area contributed by atoms with Crippen LogP contribution in [-0.4, -0.2) is 27.3 Å². The van der Waals surface area contributed by atoms with Gasteiger partial charge in [0, 0.05) is 22.4 Å². The molecule has 0 spiro atoms. The van der Waals surface area contributed by atoms with Gasteiger partial charge in [-0.3, -0.25) is 4.79 Å². The minimum absolute atomic E-state index is 0.0158. The number of amides is 1. The van der Waals surface area contributed by atoms with Crippen molar-refractivity contribution in [1.82, 2.24) is 15.5 Å². The molecule has 1 saturated carbocycles. The summed E-state index contributed by atoms with van der Waals surface area (Å²) < 4.78 is 0. The highest BCUT2D eigenvalue weighted by atomic mass is 16.3. The predicted molar refractivity (Wildman–Crippen MR) is 106 cm³/mol. The van der Waals surface area contributed by atoms with Gasteiger partial charge in [0.05, 0.1) is 17.5 Å². The Balaban J connectivity index is 1.79. The van der Waals surface area contributed by atoms with E-state index in [4.69, 9.17) is 0 Å². The third-order valence-electron chi connectivity index (χ3n) is 5.11. The van der Waals surface area contributed by atoms with E-state index < -0.39 is 6.10 Å². The van der Waals surface area contributed by atoms with E-state index in [-0.39, 0.29) is 5.91 Å². The van der Waals surface area contributed by atoms with E-state index in [1.807, 2.05) is 44.2 Å². The van der Waals surface area contributed by atoms with Crippen molar-refractivity contribution >= 4 is 16.7 Å². The monoisotopic (exact) mass is 361 g/mol. The molecule has 2 aromatic carbocycles. The third kappa shape index (κ3) is 3.43. The minimum Gasteiger partial charge on any atom is -0.387 e. The van der Waals surface area contributed by atoms with Gasteiger partial charge >= 0.3 is 0 Å². The number of nitrogens with one attached hydrogen (secondary N) is 1. The van der Waals surface area contributed by atoms with Crippen molar-refractivity contribution in [2.75, 3.05) is 0 Å². The summed E-state index contributed by atoms with van der Waals surface area (Å²) in [7, 11) is 0. The van der Waals surface area contributed by atoms with Gasteiger partial charge in [-0.05, 0) is 68.5 Å². The molecule has 1 aromatic heterocycles. The Morgan fingerprint density at radius 1 is 1.11 bits per heavy atom. The average Bonchev–Trinajstić information content (AvgIpc) is 3.46. The first-order valence-electron chi connectivity index (χ1n) is 9.31. The van der Waals surface area contributed by atoms with Crippen molar-refractivity contribution in [2.45, 2.75) is 45.8 Å². The van der Waals surface area contributed by atoms with E-state index in [1.165, 1.54) is 0 Å². The van der Waals surface area contributed by atoms with Gasteiger partial charge in [-0.1, -0.05) is 18.2 Å². The largest absolute Gasteiger partial charge is 0.387 e. The molecule has 4 rings (SSSR count). The highest BCUT2D eigenvalue weighted by Gasteiger charge is 2.24. The normalized spacial score (nSPS) is 15.0. The molecular formula is C22H23N3O2. The summed E-state index contributed by atoms with van der Waals surface area (Å²) in [6.07, 6.45) is 1.46. The zero-order valence-corrected chi connectivity index (χ0v) is 15.8. The number of hydrogen-bond acceptors (Lipinski definition) is 4. The molecule has 5 nitrogen and oxygen atoms in total. The lowest BCUT2D eigenvalue weighted by atomic mass is 9.95. The first kappa shape index (κ1) is 17.6. The van der Waals surface area contributed by atoms with Crippen LogP contribution < -0.4 is 5.32 Å². The lowest BCUT2D eigenvalue weighted by Crippen LogP contribution is -2.25. The van der Waals surface area contributed by atoms with E-state index in [2.05, 4.69) is 21.6 Å². The lowest BCUT2D eigenvalue weighted by Gasteiger charge is -2.13. The van der Waals surface area contributed by atoms with Crippen LogP contribution in [0.5, 0.6) is 0 Å². The Bertz CT molecular complexity index is 1040. The molecule has 27 heavy (non-hydrogen) atoms. The number of aliphatic hydroxyl groups excluding tert-OH is 1. The van der Waals surface area contributed by atoms with Crippen LogP contribution in [0.4, 0.5) is 0 Å². The molecule has 1 aliphatic carbocycles. The van der Waals surface area contributed by atoms with Crippen LogP contribution in [0.2, 0.25) is 0 Å². The van der Waals surface area contributed by atoms with Crippen molar-refractivity contribution in [3.63, 3.8) is 0 Å². The summed E-state index contributed by atoms with van der Waals surface area (Å²) in [5.41, 5.74) is 5.22. The van der Waals surface area contributed by atoms with E-state index in [9.17, 15) is 9.90 Å². The molecule has 0 bridgehead atoms. The van der Waals surface area contributed by atoms with Gasteiger partial charge in [-0.25, -0.2) is 0 Å². The van der Waals surface area contributed by atoms with Crippen LogP contribution in [0.3, 0.4) is 0 Å². The highest BCUT2D eigenvalue weighted by molar-refractivity contribution is 5.97. The fourth-order valence-electron chi connectivity index (χ4n) is 3.35. The van der Waals surface area contributed by atoms with Crippen molar-refractivity contribution in [1.29, 1.82) is 0 Å². The van der Waals surface area contributed by atoms with Gasteiger partial charge in [0.1, 0.15) is 0 Å². The van der Waals surface area contributed by atoms with Gasteiger partial charge in [0.2, 0.25) is 0 Å². The molecular weight excluding hydrogens is 338 g/mol. The Morgan fingerprint density at radius 3 is 2.59 bits per heavy atom. The van der Waals surface area contributed by atoms with Gasteiger partial charge < -0.3 is 10.4 Å².